The summed E-state index contributed by atoms with van der Waals surface area (Å²) >= 11 is 0. The molecule has 0 saturated carbocycles. The van der Waals surface area contributed by atoms with Gasteiger partial charge in [0.05, 0.1) is 6.54 Å². The van der Waals surface area contributed by atoms with Gasteiger partial charge in [-0.2, -0.15) is 0 Å². The first-order valence-corrected chi connectivity index (χ1v) is 5.36. The summed E-state index contributed by atoms with van der Waals surface area (Å²) in [5, 5.41) is 3.09. The van der Waals surface area contributed by atoms with Gasteiger partial charge in [-0.3, -0.25) is 4.79 Å². The predicted molar refractivity (Wildman–Crippen MR) is 67.4 cm³/mol. The van der Waals surface area contributed by atoms with Crippen molar-refractivity contribution in [1.29, 1.82) is 0 Å². The lowest BCUT2D eigenvalue weighted by Crippen LogP contribution is -2.38. The van der Waals surface area contributed by atoms with Crippen LogP contribution in [-0.4, -0.2) is 25.5 Å². The fraction of sp³-hybridized carbons (Fsp3) is 0.417. The van der Waals surface area contributed by atoms with E-state index in [1.165, 1.54) is 0 Å². The number of anilines is 2. The minimum atomic E-state index is 0.0403. The second kappa shape index (κ2) is 5.51. The van der Waals surface area contributed by atoms with Gasteiger partial charge >= 0.3 is 0 Å². The molecular formula is C12H19N3O. The number of carbonyl (C=O) groups excluding carboxylic acids is 1. The molecule has 0 atom stereocenters. The summed E-state index contributed by atoms with van der Waals surface area (Å²) in [5.74, 6) is 0.0403. The third-order valence-electron chi connectivity index (χ3n) is 2.32. The van der Waals surface area contributed by atoms with Gasteiger partial charge in [-0.25, -0.2) is 0 Å². The highest BCUT2D eigenvalue weighted by Gasteiger charge is 2.10. The zero-order chi connectivity index (χ0) is 12.1. The Labute approximate surface area is 96.4 Å². The largest absolute Gasteiger partial charge is 0.399 e. The molecule has 0 bridgehead atoms. The van der Waals surface area contributed by atoms with Crippen LogP contribution in [0.2, 0.25) is 0 Å². The molecule has 1 aromatic carbocycles. The van der Waals surface area contributed by atoms with E-state index in [4.69, 9.17) is 5.73 Å². The van der Waals surface area contributed by atoms with Crippen molar-refractivity contribution in [3.8, 4) is 0 Å². The number of amides is 1. The van der Waals surface area contributed by atoms with Crippen LogP contribution in [0.5, 0.6) is 0 Å². The van der Waals surface area contributed by atoms with Crippen LogP contribution in [-0.2, 0) is 4.79 Å². The van der Waals surface area contributed by atoms with Gasteiger partial charge < -0.3 is 16.0 Å². The number of rotatable bonds is 4. The molecule has 0 fully saturated rings. The number of nitrogens with two attached hydrogens (primary N) is 1. The topological polar surface area (TPSA) is 58.4 Å². The molecule has 0 aliphatic rings. The van der Waals surface area contributed by atoms with E-state index in [2.05, 4.69) is 5.32 Å². The van der Waals surface area contributed by atoms with Gasteiger partial charge in [0, 0.05) is 24.5 Å². The van der Waals surface area contributed by atoms with Gasteiger partial charge in [-0.15, -0.1) is 0 Å². The van der Waals surface area contributed by atoms with Crippen LogP contribution < -0.4 is 16.0 Å². The Kier molecular flexibility index (Phi) is 4.31. The number of carbonyl (C=O) groups is 1. The quantitative estimate of drug-likeness (QED) is 0.752. The van der Waals surface area contributed by atoms with Gasteiger partial charge in [-0.1, -0.05) is 13.8 Å². The minimum absolute atomic E-state index is 0.0403. The number of nitrogen functional groups attached to an aromatic ring is 1. The highest BCUT2D eigenvalue weighted by atomic mass is 16.2. The van der Waals surface area contributed by atoms with Crippen molar-refractivity contribution < 1.29 is 4.79 Å². The lowest BCUT2D eigenvalue weighted by atomic mass is 10.2. The molecular weight excluding hydrogens is 202 g/mol. The molecule has 3 N–H and O–H groups in total. The summed E-state index contributed by atoms with van der Waals surface area (Å²) in [4.78, 5) is 13.4. The number of hydrogen-bond acceptors (Lipinski definition) is 3. The zero-order valence-electron chi connectivity index (χ0n) is 10.0. The first-order valence-electron chi connectivity index (χ1n) is 5.36. The van der Waals surface area contributed by atoms with Gasteiger partial charge in [-0.05, 0) is 24.3 Å². The van der Waals surface area contributed by atoms with E-state index in [1.807, 2.05) is 26.0 Å². The molecule has 0 saturated heterocycles. The summed E-state index contributed by atoms with van der Waals surface area (Å²) in [7, 11) is 1.76. The van der Waals surface area contributed by atoms with E-state index >= 15 is 0 Å². The Morgan fingerprint density at radius 2 is 1.94 bits per heavy atom. The van der Waals surface area contributed by atoms with Crippen molar-refractivity contribution in [2.24, 2.45) is 0 Å². The molecule has 0 aromatic heterocycles. The van der Waals surface area contributed by atoms with Crippen molar-refractivity contribution in [1.82, 2.24) is 5.32 Å². The highest BCUT2D eigenvalue weighted by molar-refractivity contribution is 5.94. The van der Waals surface area contributed by atoms with Gasteiger partial charge in [0.1, 0.15) is 0 Å². The van der Waals surface area contributed by atoms with Crippen LogP contribution in [0.25, 0.3) is 0 Å². The highest BCUT2D eigenvalue weighted by Crippen LogP contribution is 2.14. The maximum Gasteiger partial charge on any atom is 0.240 e. The molecule has 4 nitrogen and oxygen atoms in total. The predicted octanol–water partition coefficient (Wildman–Crippen LogP) is 1.23. The first kappa shape index (κ1) is 12.5. The number of likely N-dealkylation sites (N-methyl/N-ethyl adjacent to an activating group) is 1. The molecule has 1 rings (SSSR count). The van der Waals surface area contributed by atoms with E-state index in [9.17, 15) is 4.79 Å². The zero-order valence-corrected chi connectivity index (χ0v) is 10.0. The molecule has 0 spiro atoms. The third kappa shape index (κ3) is 3.55. The number of hydrogen-bond donors (Lipinski definition) is 2. The Bertz CT molecular complexity index is 346. The van der Waals surface area contributed by atoms with Gasteiger partial charge in [0.15, 0.2) is 0 Å². The monoisotopic (exact) mass is 221 g/mol. The van der Waals surface area contributed by atoms with Crippen molar-refractivity contribution in [2.75, 3.05) is 24.2 Å². The van der Waals surface area contributed by atoms with Crippen LogP contribution in [0.4, 0.5) is 11.4 Å². The van der Waals surface area contributed by atoms with Crippen LogP contribution in [0, 0.1) is 0 Å². The number of nitrogens with zero attached hydrogens (tertiary/aromatic N) is 1. The summed E-state index contributed by atoms with van der Waals surface area (Å²) in [6.07, 6.45) is 0. The Morgan fingerprint density at radius 1 is 1.38 bits per heavy atom. The second-order valence-corrected chi connectivity index (χ2v) is 4.08. The van der Waals surface area contributed by atoms with Crippen LogP contribution >= 0.6 is 0 Å². The molecule has 0 aliphatic heterocycles. The van der Waals surface area contributed by atoms with Crippen LogP contribution in [0.1, 0.15) is 13.8 Å². The summed E-state index contributed by atoms with van der Waals surface area (Å²) in [6, 6.07) is 7.55. The molecule has 4 heteroatoms. The van der Waals surface area contributed by atoms with E-state index < -0.39 is 0 Å². The fourth-order valence-corrected chi connectivity index (χ4v) is 1.25. The van der Waals surface area contributed by atoms with E-state index in [0.717, 1.165) is 5.69 Å². The Balaban J connectivity index is 2.59. The molecule has 0 heterocycles. The van der Waals surface area contributed by atoms with Crippen molar-refractivity contribution >= 4 is 17.3 Å². The average molecular weight is 221 g/mol. The lowest BCUT2D eigenvalue weighted by Gasteiger charge is -2.18. The van der Waals surface area contributed by atoms with Gasteiger partial charge in [0.2, 0.25) is 5.91 Å². The third-order valence-corrected chi connectivity index (χ3v) is 2.32. The van der Waals surface area contributed by atoms with Crippen molar-refractivity contribution in [3.63, 3.8) is 0 Å². The average Bonchev–Trinajstić information content (AvgIpc) is 2.26. The second-order valence-electron chi connectivity index (χ2n) is 4.08. The number of nitrogens with one attached hydrogen (secondary N) is 1. The Morgan fingerprint density at radius 3 is 2.44 bits per heavy atom. The first-order chi connectivity index (χ1) is 7.50. The van der Waals surface area contributed by atoms with Crippen molar-refractivity contribution in [2.45, 2.75) is 19.9 Å². The molecule has 0 radical (unpaired) electrons. The number of benzene rings is 1. The summed E-state index contributed by atoms with van der Waals surface area (Å²) < 4.78 is 0. The lowest BCUT2D eigenvalue weighted by molar-refractivity contribution is -0.117. The SMILES string of the molecule is CC(C)NCC(=O)N(C)c1ccc(N)cc1. The summed E-state index contributed by atoms with van der Waals surface area (Å²) in [6.45, 7) is 4.37. The smallest absolute Gasteiger partial charge is 0.240 e. The van der Waals surface area contributed by atoms with E-state index in [1.54, 1.807) is 24.1 Å². The molecule has 1 amide bonds. The van der Waals surface area contributed by atoms with E-state index in [0.29, 0.717) is 18.3 Å². The minimum Gasteiger partial charge on any atom is -0.399 e. The van der Waals surface area contributed by atoms with Crippen molar-refractivity contribution in [3.05, 3.63) is 24.3 Å². The molecule has 88 valence electrons. The summed E-state index contributed by atoms with van der Waals surface area (Å²) in [5.41, 5.74) is 7.14. The maximum absolute atomic E-state index is 11.8. The molecule has 0 aliphatic carbocycles. The maximum atomic E-state index is 11.8. The van der Waals surface area contributed by atoms with E-state index in [-0.39, 0.29) is 5.91 Å². The fourth-order valence-electron chi connectivity index (χ4n) is 1.25. The van der Waals surface area contributed by atoms with Crippen LogP contribution in [0.15, 0.2) is 24.3 Å². The molecule has 1 aromatic rings. The Hall–Kier alpha value is -1.55. The molecule has 0 unspecified atom stereocenters. The molecule has 16 heavy (non-hydrogen) atoms. The van der Waals surface area contributed by atoms with Gasteiger partial charge in [0.25, 0.3) is 0 Å². The normalized spacial score (nSPS) is 10.5. The van der Waals surface area contributed by atoms with Crippen LogP contribution in [0.3, 0.4) is 0 Å². The standard InChI is InChI=1S/C12H19N3O/c1-9(2)14-8-12(16)15(3)11-6-4-10(13)5-7-11/h4-7,9,14H,8,13H2,1-3H3.